The molecular weight excluding hydrogens is 314 g/mol. The second-order valence-electron chi connectivity index (χ2n) is 6.44. The standard InChI is InChI=1S/C19H33N5O/c1-6-16(2)22-19(21-15-18(25)23(3)4)20-13-10-14-24(5)17-11-8-7-9-12-17/h7-9,11-12,16H,6,10,13-15H2,1-5H3,(H2,20,21,22). The number of carbonyl (C=O) groups is 1. The number of anilines is 1. The molecule has 1 rings (SSSR count). The number of hydrogen-bond donors (Lipinski definition) is 2. The Balaban J connectivity index is 2.46. The van der Waals surface area contributed by atoms with Crippen molar-refractivity contribution in [3.63, 3.8) is 0 Å². The monoisotopic (exact) mass is 347 g/mol. The van der Waals surface area contributed by atoms with Gasteiger partial charge in [-0.2, -0.15) is 0 Å². The van der Waals surface area contributed by atoms with Crippen LogP contribution < -0.4 is 15.5 Å². The number of nitrogens with zero attached hydrogens (tertiary/aromatic N) is 3. The highest BCUT2D eigenvalue weighted by atomic mass is 16.2. The van der Waals surface area contributed by atoms with E-state index in [4.69, 9.17) is 0 Å². The highest BCUT2D eigenvalue weighted by molar-refractivity contribution is 5.84. The minimum absolute atomic E-state index is 0.00550. The van der Waals surface area contributed by atoms with Crippen LogP contribution in [0.3, 0.4) is 0 Å². The first-order valence-corrected chi connectivity index (χ1v) is 8.95. The molecule has 1 unspecified atom stereocenters. The summed E-state index contributed by atoms with van der Waals surface area (Å²) in [7, 11) is 5.58. The molecule has 0 saturated heterocycles. The van der Waals surface area contributed by atoms with Gasteiger partial charge < -0.3 is 20.4 Å². The van der Waals surface area contributed by atoms with Crippen LogP contribution in [0.25, 0.3) is 0 Å². The average Bonchev–Trinajstić information content (AvgIpc) is 2.62. The number of rotatable bonds is 9. The maximum Gasteiger partial charge on any atom is 0.243 e. The number of benzene rings is 1. The molecule has 2 N–H and O–H groups in total. The van der Waals surface area contributed by atoms with Gasteiger partial charge >= 0.3 is 0 Å². The number of para-hydroxylation sites is 1. The van der Waals surface area contributed by atoms with Crippen LogP contribution in [0, 0.1) is 0 Å². The summed E-state index contributed by atoms with van der Waals surface area (Å²) in [5.74, 6) is 0.695. The summed E-state index contributed by atoms with van der Waals surface area (Å²) >= 11 is 0. The lowest BCUT2D eigenvalue weighted by atomic mass is 10.2. The summed E-state index contributed by atoms with van der Waals surface area (Å²) in [4.78, 5) is 19.9. The fourth-order valence-corrected chi connectivity index (χ4v) is 2.11. The Labute approximate surface area is 152 Å². The van der Waals surface area contributed by atoms with E-state index < -0.39 is 0 Å². The summed E-state index contributed by atoms with van der Waals surface area (Å²) in [5, 5.41) is 6.66. The van der Waals surface area contributed by atoms with E-state index in [1.165, 1.54) is 5.69 Å². The van der Waals surface area contributed by atoms with Crippen molar-refractivity contribution < 1.29 is 4.79 Å². The van der Waals surface area contributed by atoms with Crippen molar-refractivity contribution >= 4 is 17.6 Å². The number of aliphatic imine (C=N–C) groups is 1. The molecule has 0 fully saturated rings. The van der Waals surface area contributed by atoms with Crippen LogP contribution in [0.4, 0.5) is 5.69 Å². The van der Waals surface area contributed by atoms with Crippen LogP contribution >= 0.6 is 0 Å². The minimum Gasteiger partial charge on any atom is -0.375 e. The smallest absolute Gasteiger partial charge is 0.243 e. The molecule has 0 aliphatic heterocycles. The van der Waals surface area contributed by atoms with Crippen molar-refractivity contribution in [3.05, 3.63) is 30.3 Å². The average molecular weight is 348 g/mol. The second kappa shape index (κ2) is 11.3. The summed E-state index contributed by atoms with van der Waals surface area (Å²) in [6.07, 6.45) is 1.98. The third-order valence-corrected chi connectivity index (χ3v) is 4.03. The van der Waals surface area contributed by atoms with Crippen molar-refractivity contribution in [2.24, 2.45) is 4.99 Å². The SMILES string of the molecule is CCC(C)NC(=NCC(=O)N(C)C)NCCCN(C)c1ccccc1. The molecule has 140 valence electrons. The molecule has 0 aliphatic carbocycles. The third-order valence-electron chi connectivity index (χ3n) is 4.03. The Kier molecular flexibility index (Phi) is 9.43. The van der Waals surface area contributed by atoms with Gasteiger partial charge in [-0.25, -0.2) is 4.99 Å². The molecule has 1 amide bonds. The highest BCUT2D eigenvalue weighted by Crippen LogP contribution is 2.10. The van der Waals surface area contributed by atoms with Gasteiger partial charge in [0.2, 0.25) is 5.91 Å². The van der Waals surface area contributed by atoms with Crippen LogP contribution in [-0.4, -0.2) is 63.6 Å². The van der Waals surface area contributed by atoms with Gasteiger partial charge in [0.1, 0.15) is 6.54 Å². The maximum absolute atomic E-state index is 11.7. The van der Waals surface area contributed by atoms with Crippen molar-refractivity contribution in [1.82, 2.24) is 15.5 Å². The summed E-state index contributed by atoms with van der Waals surface area (Å²) < 4.78 is 0. The lowest BCUT2D eigenvalue weighted by molar-refractivity contribution is -0.127. The maximum atomic E-state index is 11.7. The van der Waals surface area contributed by atoms with Crippen molar-refractivity contribution in [3.8, 4) is 0 Å². The normalized spacial score (nSPS) is 12.4. The fourth-order valence-electron chi connectivity index (χ4n) is 2.11. The van der Waals surface area contributed by atoms with Gasteiger partial charge in [0.05, 0.1) is 0 Å². The van der Waals surface area contributed by atoms with Gasteiger partial charge in [-0.1, -0.05) is 25.1 Å². The van der Waals surface area contributed by atoms with E-state index in [1.54, 1.807) is 19.0 Å². The van der Waals surface area contributed by atoms with Crippen LogP contribution in [0.15, 0.2) is 35.3 Å². The number of carbonyl (C=O) groups excluding carboxylic acids is 1. The first-order valence-electron chi connectivity index (χ1n) is 8.95. The van der Waals surface area contributed by atoms with Crippen LogP contribution in [0.2, 0.25) is 0 Å². The Bertz CT molecular complexity index is 530. The Morgan fingerprint density at radius 1 is 1.20 bits per heavy atom. The predicted molar refractivity (Wildman–Crippen MR) is 106 cm³/mol. The first kappa shape index (κ1) is 20.8. The zero-order valence-corrected chi connectivity index (χ0v) is 16.2. The van der Waals surface area contributed by atoms with E-state index in [2.05, 4.69) is 53.6 Å². The predicted octanol–water partition coefficient (Wildman–Crippen LogP) is 1.93. The van der Waals surface area contributed by atoms with Crippen molar-refractivity contribution in [2.45, 2.75) is 32.7 Å². The van der Waals surface area contributed by atoms with E-state index in [-0.39, 0.29) is 12.5 Å². The molecular formula is C19H33N5O. The summed E-state index contributed by atoms with van der Waals surface area (Å²) in [6.45, 7) is 6.13. The lowest BCUT2D eigenvalue weighted by Gasteiger charge is -2.21. The third kappa shape index (κ3) is 8.42. The van der Waals surface area contributed by atoms with Crippen LogP contribution in [0.1, 0.15) is 26.7 Å². The highest BCUT2D eigenvalue weighted by Gasteiger charge is 2.07. The van der Waals surface area contributed by atoms with Crippen LogP contribution in [0.5, 0.6) is 0 Å². The molecule has 0 heterocycles. The molecule has 0 aromatic heterocycles. The molecule has 0 spiro atoms. The molecule has 0 saturated carbocycles. The second-order valence-corrected chi connectivity index (χ2v) is 6.44. The van der Waals surface area contributed by atoms with E-state index in [1.807, 2.05) is 18.2 Å². The largest absolute Gasteiger partial charge is 0.375 e. The molecule has 6 nitrogen and oxygen atoms in total. The minimum atomic E-state index is -0.00550. The van der Waals surface area contributed by atoms with E-state index in [0.29, 0.717) is 12.0 Å². The van der Waals surface area contributed by atoms with Gasteiger partial charge in [0.15, 0.2) is 5.96 Å². The zero-order valence-electron chi connectivity index (χ0n) is 16.2. The van der Waals surface area contributed by atoms with Gasteiger partial charge in [-0.05, 0) is 31.9 Å². The number of hydrogen-bond acceptors (Lipinski definition) is 3. The molecule has 1 atom stereocenters. The Morgan fingerprint density at radius 2 is 1.88 bits per heavy atom. The van der Waals surface area contributed by atoms with E-state index >= 15 is 0 Å². The molecule has 0 radical (unpaired) electrons. The lowest BCUT2D eigenvalue weighted by Crippen LogP contribution is -2.43. The van der Waals surface area contributed by atoms with Crippen molar-refractivity contribution in [2.75, 3.05) is 45.7 Å². The van der Waals surface area contributed by atoms with E-state index in [0.717, 1.165) is 25.9 Å². The molecule has 6 heteroatoms. The molecule has 25 heavy (non-hydrogen) atoms. The van der Waals surface area contributed by atoms with Gasteiger partial charge in [0.25, 0.3) is 0 Å². The number of nitrogens with one attached hydrogen (secondary N) is 2. The quantitative estimate of drug-likeness (QED) is 0.407. The Hall–Kier alpha value is -2.24. The van der Waals surface area contributed by atoms with Gasteiger partial charge in [-0.3, -0.25) is 4.79 Å². The van der Waals surface area contributed by atoms with Gasteiger partial charge in [-0.15, -0.1) is 0 Å². The number of amides is 1. The van der Waals surface area contributed by atoms with E-state index in [9.17, 15) is 4.79 Å². The molecule has 1 aromatic carbocycles. The number of guanidine groups is 1. The van der Waals surface area contributed by atoms with Gasteiger partial charge in [0, 0.05) is 46.0 Å². The molecule has 0 bridgehead atoms. The summed E-state index contributed by atoms with van der Waals surface area (Å²) in [6, 6.07) is 10.7. The van der Waals surface area contributed by atoms with Crippen molar-refractivity contribution in [1.29, 1.82) is 0 Å². The zero-order chi connectivity index (χ0) is 18.7. The Morgan fingerprint density at radius 3 is 2.48 bits per heavy atom. The number of likely N-dealkylation sites (N-methyl/N-ethyl adjacent to an activating group) is 1. The summed E-state index contributed by atoms with van der Waals surface area (Å²) in [5.41, 5.74) is 1.21. The molecule has 1 aromatic rings. The molecule has 0 aliphatic rings. The fraction of sp³-hybridized carbons (Fsp3) is 0.579. The first-order chi connectivity index (χ1) is 11.9. The van der Waals surface area contributed by atoms with Crippen LogP contribution in [-0.2, 0) is 4.79 Å². The topological polar surface area (TPSA) is 60.0 Å².